The summed E-state index contributed by atoms with van der Waals surface area (Å²) in [6, 6.07) is 11.8. The zero-order chi connectivity index (χ0) is 37.6. The maximum Gasteiger partial charge on any atom is 0.317 e. The number of piperidine rings is 1. The first-order valence-corrected chi connectivity index (χ1v) is 20.6. The third kappa shape index (κ3) is 9.07. The molecule has 1 atom stereocenters. The third-order valence-corrected chi connectivity index (χ3v) is 13.2. The number of hydrazone groups is 1. The Labute approximate surface area is 320 Å². The average molecular weight is 734 g/mol. The third-order valence-electron chi connectivity index (χ3n) is 13.2. The van der Waals surface area contributed by atoms with Crippen LogP contribution >= 0.6 is 0 Å². The van der Waals surface area contributed by atoms with Crippen LogP contribution in [-0.2, 0) is 22.4 Å². The number of fused-ring (bicyclic) bond motifs is 2. The largest absolute Gasteiger partial charge is 0.386 e. The van der Waals surface area contributed by atoms with Crippen molar-refractivity contribution < 1.29 is 14.4 Å². The second kappa shape index (κ2) is 17.3. The molecule has 0 radical (unpaired) electrons. The van der Waals surface area contributed by atoms with Crippen molar-refractivity contribution in [3.05, 3.63) is 70.4 Å². The molecule has 2 heterocycles. The van der Waals surface area contributed by atoms with Gasteiger partial charge in [0, 0.05) is 37.2 Å². The molecule has 6 N–H and O–H groups in total. The number of carbonyl (C=O) groups is 3. The van der Waals surface area contributed by atoms with Gasteiger partial charge < -0.3 is 21.8 Å². The lowest BCUT2D eigenvalue weighted by Crippen LogP contribution is -2.51. The van der Waals surface area contributed by atoms with Crippen molar-refractivity contribution in [2.45, 2.75) is 116 Å². The molecular formula is C44H59N7O3. The molecule has 3 aliphatic carbocycles. The van der Waals surface area contributed by atoms with Crippen molar-refractivity contribution in [1.82, 2.24) is 20.4 Å². The number of hydrogen-bond donors (Lipinski definition) is 4. The highest BCUT2D eigenvalue weighted by Crippen LogP contribution is 2.39. The van der Waals surface area contributed by atoms with E-state index in [4.69, 9.17) is 11.6 Å². The minimum absolute atomic E-state index is 0.119. The van der Waals surface area contributed by atoms with E-state index in [1.807, 2.05) is 24.1 Å². The first-order valence-electron chi connectivity index (χ1n) is 20.6. The van der Waals surface area contributed by atoms with E-state index in [2.05, 4.69) is 57.0 Å². The Balaban J connectivity index is 0.966. The summed E-state index contributed by atoms with van der Waals surface area (Å²) < 4.78 is 0. The number of urea groups is 1. The Hall–Kier alpha value is -4.47. The SMILES string of the molecule is Cc1cc(C[C@@H](NC(=O)N2CCC(/C3=C/c4ccccc4CCCC3=O)CC2)C(=O)CC2CCC(CC3CCC(/C(N)=N/N)CC3)CC2)cc2cn[nH]c12. The first-order chi connectivity index (χ1) is 26.2. The van der Waals surface area contributed by atoms with Gasteiger partial charge in [-0.15, -0.1) is 0 Å². The molecule has 10 nitrogen and oxygen atoms in total. The van der Waals surface area contributed by atoms with Crippen molar-refractivity contribution in [2.24, 2.45) is 46.3 Å². The summed E-state index contributed by atoms with van der Waals surface area (Å²) in [4.78, 5) is 43.2. The fraction of sp³-hybridized carbons (Fsp3) is 0.568. The van der Waals surface area contributed by atoms with Gasteiger partial charge in [-0.05, 0) is 148 Å². The smallest absolute Gasteiger partial charge is 0.317 e. The second-order valence-electron chi connectivity index (χ2n) is 16.9. The lowest BCUT2D eigenvalue weighted by Gasteiger charge is -2.35. The van der Waals surface area contributed by atoms with Gasteiger partial charge in [0.15, 0.2) is 11.6 Å². The first kappa shape index (κ1) is 37.8. The predicted octanol–water partition coefficient (Wildman–Crippen LogP) is 7.39. The van der Waals surface area contributed by atoms with Gasteiger partial charge in [0.05, 0.1) is 17.8 Å². The molecule has 7 rings (SSSR count). The van der Waals surface area contributed by atoms with E-state index in [0.29, 0.717) is 55.9 Å². The van der Waals surface area contributed by atoms with E-state index in [1.165, 1.54) is 24.8 Å². The van der Waals surface area contributed by atoms with Gasteiger partial charge >= 0.3 is 6.03 Å². The minimum Gasteiger partial charge on any atom is -0.386 e. The summed E-state index contributed by atoms with van der Waals surface area (Å²) in [6.45, 7) is 3.17. The lowest BCUT2D eigenvalue weighted by molar-refractivity contribution is -0.122. The molecule has 2 amide bonds. The molecule has 0 unspecified atom stereocenters. The number of likely N-dealkylation sites (tertiary alicyclic amines) is 1. The quantitative estimate of drug-likeness (QED) is 0.0736. The number of aromatic nitrogens is 2. The summed E-state index contributed by atoms with van der Waals surface area (Å²) in [5.74, 6) is 8.63. The molecule has 3 fully saturated rings. The number of H-pyrrole nitrogens is 1. The van der Waals surface area contributed by atoms with Crippen molar-refractivity contribution in [1.29, 1.82) is 0 Å². The molecule has 0 spiro atoms. The molecule has 10 heteroatoms. The van der Waals surface area contributed by atoms with Crippen LogP contribution in [0, 0.1) is 36.5 Å². The van der Waals surface area contributed by atoms with Gasteiger partial charge in [-0.2, -0.15) is 10.2 Å². The lowest BCUT2D eigenvalue weighted by atomic mass is 9.72. The van der Waals surface area contributed by atoms with Crippen LogP contribution in [0.15, 0.2) is 53.3 Å². The molecule has 1 aromatic heterocycles. The van der Waals surface area contributed by atoms with Crippen LogP contribution in [0.3, 0.4) is 0 Å². The van der Waals surface area contributed by atoms with Gasteiger partial charge in [-0.1, -0.05) is 43.2 Å². The van der Waals surface area contributed by atoms with Crippen LogP contribution in [0.1, 0.15) is 112 Å². The van der Waals surface area contributed by atoms with Crippen LogP contribution in [0.25, 0.3) is 17.0 Å². The van der Waals surface area contributed by atoms with Gasteiger partial charge in [0.2, 0.25) is 0 Å². The predicted molar refractivity (Wildman–Crippen MR) is 214 cm³/mol. The van der Waals surface area contributed by atoms with E-state index in [-0.39, 0.29) is 23.5 Å². The topological polar surface area (TPSA) is 160 Å². The maximum absolute atomic E-state index is 14.2. The zero-order valence-electron chi connectivity index (χ0n) is 32.0. The number of hydrogen-bond acceptors (Lipinski definition) is 6. The van der Waals surface area contributed by atoms with Gasteiger partial charge in [-0.3, -0.25) is 14.7 Å². The van der Waals surface area contributed by atoms with Gasteiger partial charge in [0.1, 0.15) is 5.84 Å². The monoisotopic (exact) mass is 733 g/mol. The van der Waals surface area contributed by atoms with Crippen LogP contribution in [-0.4, -0.2) is 57.7 Å². The molecule has 1 saturated heterocycles. The number of nitrogens with two attached hydrogens (primary N) is 2. The number of aromatic amines is 1. The number of nitrogens with one attached hydrogen (secondary N) is 2. The van der Waals surface area contributed by atoms with Crippen LogP contribution < -0.4 is 16.9 Å². The zero-order valence-corrected chi connectivity index (χ0v) is 32.0. The van der Waals surface area contributed by atoms with Gasteiger partial charge in [-0.25, -0.2) is 4.79 Å². The van der Waals surface area contributed by atoms with Crippen molar-refractivity contribution >= 4 is 40.4 Å². The van der Waals surface area contributed by atoms with Crippen LogP contribution in [0.2, 0.25) is 0 Å². The molecule has 4 aliphatic rings. The molecule has 3 aromatic rings. The Morgan fingerprint density at radius 2 is 1.67 bits per heavy atom. The molecular weight excluding hydrogens is 675 g/mol. The summed E-state index contributed by atoms with van der Waals surface area (Å²) in [5.41, 5.74) is 12.4. The summed E-state index contributed by atoms with van der Waals surface area (Å²) in [5, 5.41) is 15.2. The standard InChI is InChI=1S/C44H59N7O3/c1-28-21-32(23-37-27-47-50-42(28)37)24-39(41(53)25-31-11-9-29(10-12-31)22-30-13-15-35(16-14-30)43(45)49-46)48-44(54)51-19-17-34(18-20-51)38-26-36-6-3-2-5-33(36)7-4-8-40(38)52/h2-3,5-6,21,23,26-27,29-31,34-35,39H,4,7-20,22,24-25,46H2,1H3,(H2,45,49)(H,47,50)(H,48,54)/b38-26-/t29?,30?,31?,35?,39-/m1/s1. The summed E-state index contributed by atoms with van der Waals surface area (Å²) in [7, 11) is 0. The molecule has 1 aliphatic heterocycles. The highest BCUT2D eigenvalue weighted by molar-refractivity contribution is 6.00. The maximum atomic E-state index is 14.2. The van der Waals surface area contributed by atoms with Crippen molar-refractivity contribution in [2.75, 3.05) is 13.1 Å². The normalized spacial score (nSPS) is 25.9. The van der Waals surface area contributed by atoms with E-state index < -0.39 is 6.04 Å². The number of aryl methyl sites for hydroxylation is 2. The van der Waals surface area contributed by atoms with E-state index in [9.17, 15) is 14.4 Å². The van der Waals surface area contributed by atoms with Crippen LogP contribution in [0.4, 0.5) is 4.79 Å². The summed E-state index contributed by atoms with van der Waals surface area (Å²) >= 11 is 0. The van der Waals surface area contributed by atoms with Crippen LogP contribution in [0.5, 0.6) is 0 Å². The number of benzene rings is 2. The van der Waals surface area contributed by atoms with E-state index in [1.54, 1.807) is 0 Å². The van der Waals surface area contributed by atoms with Crippen molar-refractivity contribution in [3.8, 4) is 0 Å². The minimum atomic E-state index is -0.609. The highest BCUT2D eigenvalue weighted by Gasteiger charge is 2.33. The van der Waals surface area contributed by atoms with E-state index >= 15 is 0 Å². The van der Waals surface area contributed by atoms with Crippen molar-refractivity contribution in [3.63, 3.8) is 0 Å². The molecule has 2 aromatic carbocycles. The Bertz CT molecular complexity index is 1860. The molecule has 0 bridgehead atoms. The molecule has 2 saturated carbocycles. The highest BCUT2D eigenvalue weighted by atomic mass is 16.2. The number of amides is 2. The number of allylic oxidation sites excluding steroid dienone is 1. The van der Waals surface area contributed by atoms with Gasteiger partial charge in [0.25, 0.3) is 0 Å². The molecule has 54 heavy (non-hydrogen) atoms. The average Bonchev–Trinajstić information content (AvgIpc) is 3.67. The number of Topliss-reactive ketones (excluding diaryl/α,β-unsaturated/α-hetero) is 2. The number of ketones is 2. The Kier molecular flexibility index (Phi) is 12.1. The summed E-state index contributed by atoms with van der Waals surface area (Å²) in [6.07, 6.45) is 18.9. The molecule has 288 valence electrons. The number of nitrogens with zero attached hydrogens (tertiary/aromatic N) is 3. The second-order valence-corrected chi connectivity index (χ2v) is 16.9. The number of amidine groups is 1. The number of carbonyl (C=O) groups excluding carboxylic acids is 3. The fourth-order valence-electron chi connectivity index (χ4n) is 9.99. The Morgan fingerprint density at radius 1 is 0.963 bits per heavy atom. The van der Waals surface area contributed by atoms with E-state index in [0.717, 1.165) is 103 Å². The number of rotatable bonds is 10. The Morgan fingerprint density at radius 3 is 2.41 bits per heavy atom. The fourth-order valence-corrected chi connectivity index (χ4v) is 9.99.